The van der Waals surface area contributed by atoms with Crippen LogP contribution in [0.2, 0.25) is 0 Å². The van der Waals surface area contributed by atoms with Crippen LogP contribution in [0, 0.1) is 0 Å². The maximum absolute atomic E-state index is 12.3. The zero-order chi connectivity index (χ0) is 13.1. The monoisotopic (exact) mass is 311 g/mol. The Morgan fingerprint density at radius 1 is 1.56 bits per heavy atom. The highest BCUT2D eigenvalue weighted by Crippen LogP contribution is 2.18. The Morgan fingerprint density at radius 3 is 2.94 bits per heavy atom. The fourth-order valence-electron chi connectivity index (χ4n) is 1.55. The van der Waals surface area contributed by atoms with Crippen molar-refractivity contribution in [3.8, 4) is 0 Å². The lowest BCUT2D eigenvalue weighted by Gasteiger charge is -2.11. The molecule has 0 aromatic carbocycles. The van der Waals surface area contributed by atoms with Gasteiger partial charge in [0, 0.05) is 18.9 Å². The average Bonchev–Trinajstić information content (AvgIpc) is 2.94. The molecule has 0 atom stereocenters. The number of ketones is 1. The number of imidazole rings is 1. The molecule has 0 radical (unpaired) electrons. The molecule has 2 heterocycles. The number of likely N-dealkylation sites (N-methyl/N-ethyl adjacent to an activating group) is 1. The predicted octanol–water partition coefficient (Wildman–Crippen LogP) is 1.16. The Bertz CT molecular complexity index is 532. The summed E-state index contributed by atoms with van der Waals surface area (Å²) in [5.41, 5.74) is 0.520. The molecule has 18 heavy (non-hydrogen) atoms. The first-order valence-corrected chi connectivity index (χ1v) is 6.29. The second-order valence-corrected chi connectivity index (χ2v) is 4.99. The minimum atomic E-state index is -0.164. The number of nitrogens with one attached hydrogen (secondary N) is 1. The van der Waals surface area contributed by atoms with Gasteiger partial charge in [-0.2, -0.15) is 5.10 Å². The van der Waals surface area contributed by atoms with Gasteiger partial charge >= 0.3 is 0 Å². The lowest BCUT2D eigenvalue weighted by Crippen LogP contribution is -2.22. The lowest BCUT2D eigenvalue weighted by atomic mass is 10.2. The molecule has 0 saturated heterocycles. The standard InChI is InChI=1S/C11H14BrN5O/c1-16(2)5-6-17-9(8(12)7-15-17)10(18)11-13-3-4-14-11/h3-4,7H,5-6H2,1-2H3,(H,13,14). The van der Waals surface area contributed by atoms with Gasteiger partial charge < -0.3 is 9.88 Å². The number of hydrogen-bond donors (Lipinski definition) is 1. The van der Waals surface area contributed by atoms with Crippen LogP contribution in [0.4, 0.5) is 0 Å². The van der Waals surface area contributed by atoms with Gasteiger partial charge in [-0.05, 0) is 30.0 Å². The van der Waals surface area contributed by atoms with E-state index in [0.29, 0.717) is 22.5 Å². The van der Waals surface area contributed by atoms with Crippen LogP contribution in [-0.4, -0.2) is 51.1 Å². The SMILES string of the molecule is CN(C)CCn1ncc(Br)c1C(=O)c1ncc[nH]1. The summed E-state index contributed by atoms with van der Waals surface area (Å²) in [6.45, 7) is 1.47. The molecule has 2 rings (SSSR count). The molecule has 1 N–H and O–H groups in total. The van der Waals surface area contributed by atoms with E-state index in [2.05, 4.69) is 31.0 Å². The summed E-state index contributed by atoms with van der Waals surface area (Å²) < 4.78 is 2.37. The van der Waals surface area contributed by atoms with Gasteiger partial charge in [0.15, 0.2) is 5.82 Å². The summed E-state index contributed by atoms with van der Waals surface area (Å²) >= 11 is 3.35. The Morgan fingerprint density at radius 2 is 2.33 bits per heavy atom. The van der Waals surface area contributed by atoms with Crippen molar-refractivity contribution in [2.75, 3.05) is 20.6 Å². The Kier molecular flexibility index (Phi) is 3.93. The maximum atomic E-state index is 12.3. The molecule has 0 aliphatic heterocycles. The molecular formula is C11H14BrN5O. The van der Waals surface area contributed by atoms with E-state index in [-0.39, 0.29) is 5.78 Å². The molecule has 6 nitrogen and oxygen atoms in total. The fourth-order valence-corrected chi connectivity index (χ4v) is 2.03. The average molecular weight is 312 g/mol. The third kappa shape index (κ3) is 2.68. The topological polar surface area (TPSA) is 66.8 Å². The number of hydrogen-bond acceptors (Lipinski definition) is 4. The molecule has 0 spiro atoms. The molecular weight excluding hydrogens is 298 g/mol. The summed E-state index contributed by atoms with van der Waals surface area (Å²) in [7, 11) is 3.96. The van der Waals surface area contributed by atoms with Crippen molar-refractivity contribution >= 4 is 21.7 Å². The van der Waals surface area contributed by atoms with Gasteiger partial charge in [0.2, 0.25) is 5.78 Å². The van der Waals surface area contributed by atoms with Crippen LogP contribution in [0.1, 0.15) is 16.3 Å². The Labute approximate surface area is 113 Å². The summed E-state index contributed by atoms with van der Waals surface area (Å²) in [6, 6.07) is 0. The molecule has 2 aromatic heterocycles. The van der Waals surface area contributed by atoms with Crippen LogP contribution in [0.5, 0.6) is 0 Å². The largest absolute Gasteiger partial charge is 0.342 e. The molecule has 96 valence electrons. The number of halogens is 1. The fraction of sp³-hybridized carbons (Fsp3) is 0.364. The number of carbonyl (C=O) groups excluding carboxylic acids is 1. The number of H-pyrrole nitrogens is 1. The number of nitrogens with zero attached hydrogens (tertiary/aromatic N) is 4. The van der Waals surface area contributed by atoms with Gasteiger partial charge in [0.1, 0.15) is 5.69 Å². The third-order valence-corrected chi connectivity index (χ3v) is 3.06. The second-order valence-electron chi connectivity index (χ2n) is 4.13. The highest BCUT2D eigenvalue weighted by Gasteiger charge is 2.20. The summed E-state index contributed by atoms with van der Waals surface area (Å²) in [6.07, 6.45) is 4.81. The summed E-state index contributed by atoms with van der Waals surface area (Å²) in [5.74, 6) is 0.158. The molecule has 0 saturated carbocycles. The highest BCUT2D eigenvalue weighted by atomic mass is 79.9. The van der Waals surface area contributed by atoms with Gasteiger partial charge in [0.25, 0.3) is 0 Å². The number of carbonyl (C=O) groups is 1. The van der Waals surface area contributed by atoms with E-state index in [1.54, 1.807) is 23.3 Å². The van der Waals surface area contributed by atoms with E-state index in [1.807, 2.05) is 19.0 Å². The van der Waals surface area contributed by atoms with Crippen molar-refractivity contribution in [2.24, 2.45) is 0 Å². The zero-order valence-corrected chi connectivity index (χ0v) is 11.8. The van der Waals surface area contributed by atoms with Crippen molar-refractivity contribution in [2.45, 2.75) is 6.54 Å². The van der Waals surface area contributed by atoms with Crippen LogP contribution in [0.25, 0.3) is 0 Å². The minimum Gasteiger partial charge on any atom is -0.342 e. The van der Waals surface area contributed by atoms with Crippen LogP contribution in [-0.2, 0) is 6.54 Å². The Hall–Kier alpha value is -1.47. The van der Waals surface area contributed by atoms with E-state index in [0.717, 1.165) is 6.54 Å². The Balaban J connectivity index is 2.26. The van der Waals surface area contributed by atoms with Crippen LogP contribution >= 0.6 is 15.9 Å². The van der Waals surface area contributed by atoms with E-state index < -0.39 is 0 Å². The van der Waals surface area contributed by atoms with Crippen LogP contribution in [0.15, 0.2) is 23.1 Å². The number of aromatic nitrogens is 4. The molecule has 0 amide bonds. The molecule has 0 aliphatic rings. The minimum absolute atomic E-state index is 0.164. The second kappa shape index (κ2) is 5.45. The quantitative estimate of drug-likeness (QED) is 0.842. The van der Waals surface area contributed by atoms with Crippen molar-refractivity contribution in [1.82, 2.24) is 24.6 Å². The molecule has 0 bridgehead atoms. The molecule has 0 fully saturated rings. The highest BCUT2D eigenvalue weighted by molar-refractivity contribution is 9.10. The van der Waals surface area contributed by atoms with E-state index in [4.69, 9.17) is 0 Å². The van der Waals surface area contributed by atoms with Crippen LogP contribution in [0.3, 0.4) is 0 Å². The zero-order valence-electron chi connectivity index (χ0n) is 10.2. The lowest BCUT2D eigenvalue weighted by molar-refractivity contribution is 0.101. The molecule has 7 heteroatoms. The third-order valence-electron chi connectivity index (χ3n) is 2.48. The van der Waals surface area contributed by atoms with Crippen molar-refractivity contribution in [3.05, 3.63) is 34.6 Å². The smallest absolute Gasteiger partial charge is 0.247 e. The van der Waals surface area contributed by atoms with Gasteiger partial charge in [-0.1, -0.05) is 0 Å². The first kappa shape index (κ1) is 13.0. The normalized spacial score (nSPS) is 11.1. The van der Waals surface area contributed by atoms with Crippen molar-refractivity contribution in [1.29, 1.82) is 0 Å². The molecule has 2 aromatic rings. The molecule has 0 aliphatic carbocycles. The predicted molar refractivity (Wildman–Crippen MR) is 70.5 cm³/mol. The first-order chi connectivity index (χ1) is 8.59. The van der Waals surface area contributed by atoms with Gasteiger partial charge in [-0.3, -0.25) is 9.48 Å². The van der Waals surface area contributed by atoms with Crippen LogP contribution < -0.4 is 0 Å². The number of rotatable bonds is 5. The van der Waals surface area contributed by atoms with Gasteiger partial charge in [-0.25, -0.2) is 4.98 Å². The van der Waals surface area contributed by atoms with E-state index in [1.165, 1.54) is 0 Å². The summed E-state index contributed by atoms with van der Waals surface area (Å²) in [5, 5.41) is 4.20. The number of aromatic amines is 1. The van der Waals surface area contributed by atoms with Gasteiger partial charge in [0.05, 0.1) is 17.2 Å². The van der Waals surface area contributed by atoms with Gasteiger partial charge in [-0.15, -0.1) is 0 Å². The van der Waals surface area contributed by atoms with E-state index >= 15 is 0 Å². The first-order valence-electron chi connectivity index (χ1n) is 5.49. The summed E-state index contributed by atoms with van der Waals surface area (Å²) in [4.78, 5) is 21.1. The van der Waals surface area contributed by atoms with E-state index in [9.17, 15) is 4.79 Å². The van der Waals surface area contributed by atoms with Crippen molar-refractivity contribution < 1.29 is 4.79 Å². The molecule has 0 unspecified atom stereocenters. The van der Waals surface area contributed by atoms with Crippen molar-refractivity contribution in [3.63, 3.8) is 0 Å². The maximum Gasteiger partial charge on any atom is 0.247 e.